The summed E-state index contributed by atoms with van der Waals surface area (Å²) in [6, 6.07) is 8.10. The van der Waals surface area contributed by atoms with Gasteiger partial charge in [0.1, 0.15) is 11.4 Å². The number of carboxylic acids is 1. The first-order valence-corrected chi connectivity index (χ1v) is 10.4. The van der Waals surface area contributed by atoms with Gasteiger partial charge in [-0.3, -0.25) is 0 Å². The van der Waals surface area contributed by atoms with Crippen LogP contribution in [-0.4, -0.2) is 20.6 Å². The number of nitrogens with one attached hydrogen (secondary N) is 1. The SMILES string of the molecule is Cn1ccc2cc(Nc3ncc(C4CC4)cc3C(=O)O)cc(C3=CCCCC3)c21. The maximum Gasteiger partial charge on any atom is 0.339 e. The van der Waals surface area contributed by atoms with Crippen LogP contribution in [0.4, 0.5) is 11.5 Å². The second-order valence-electron chi connectivity index (χ2n) is 8.23. The van der Waals surface area contributed by atoms with Crippen molar-refractivity contribution in [2.45, 2.75) is 44.4 Å². The number of carbonyl (C=O) groups is 1. The number of rotatable bonds is 5. The van der Waals surface area contributed by atoms with Crippen molar-refractivity contribution in [2.24, 2.45) is 7.05 Å². The van der Waals surface area contributed by atoms with Gasteiger partial charge in [0.2, 0.25) is 0 Å². The quantitative estimate of drug-likeness (QED) is 0.576. The molecule has 2 N–H and O–H groups in total. The fourth-order valence-electron chi connectivity index (χ4n) is 4.36. The lowest BCUT2D eigenvalue weighted by Crippen LogP contribution is -2.06. The Balaban J connectivity index is 1.57. The fourth-order valence-corrected chi connectivity index (χ4v) is 4.36. The number of hydrogen-bond donors (Lipinski definition) is 2. The molecule has 2 aromatic heterocycles. The number of anilines is 2. The minimum Gasteiger partial charge on any atom is -0.478 e. The van der Waals surface area contributed by atoms with Crippen LogP contribution < -0.4 is 5.32 Å². The Bertz CT molecular complexity index is 1140. The van der Waals surface area contributed by atoms with Gasteiger partial charge in [0.15, 0.2) is 0 Å². The molecule has 29 heavy (non-hydrogen) atoms. The molecule has 2 aliphatic carbocycles. The summed E-state index contributed by atoms with van der Waals surface area (Å²) in [7, 11) is 2.07. The average molecular weight is 387 g/mol. The summed E-state index contributed by atoms with van der Waals surface area (Å²) in [5, 5.41) is 14.1. The Morgan fingerprint density at radius 1 is 1.24 bits per heavy atom. The van der Waals surface area contributed by atoms with E-state index >= 15 is 0 Å². The molecule has 0 saturated heterocycles. The number of allylic oxidation sites excluding steroid dienone is 2. The molecule has 2 heterocycles. The molecule has 0 spiro atoms. The molecule has 1 fully saturated rings. The van der Waals surface area contributed by atoms with Gasteiger partial charge in [-0.15, -0.1) is 0 Å². The fraction of sp³-hybridized carbons (Fsp3) is 0.333. The van der Waals surface area contributed by atoms with Crippen LogP contribution in [-0.2, 0) is 7.05 Å². The summed E-state index contributed by atoms with van der Waals surface area (Å²) in [4.78, 5) is 16.3. The molecule has 0 amide bonds. The van der Waals surface area contributed by atoms with Gasteiger partial charge in [-0.1, -0.05) is 6.08 Å². The lowest BCUT2D eigenvalue weighted by atomic mass is 9.92. The zero-order chi connectivity index (χ0) is 20.0. The van der Waals surface area contributed by atoms with E-state index in [1.165, 1.54) is 29.5 Å². The van der Waals surface area contributed by atoms with Crippen molar-refractivity contribution in [3.63, 3.8) is 0 Å². The number of benzene rings is 1. The zero-order valence-electron chi connectivity index (χ0n) is 16.6. The highest BCUT2D eigenvalue weighted by Crippen LogP contribution is 2.41. The van der Waals surface area contributed by atoms with Crippen molar-refractivity contribution in [3.8, 4) is 0 Å². The monoisotopic (exact) mass is 387 g/mol. The molecule has 5 rings (SSSR count). The number of aryl methyl sites for hydroxylation is 1. The van der Waals surface area contributed by atoms with Gasteiger partial charge >= 0.3 is 5.97 Å². The number of aromatic carboxylic acids is 1. The highest BCUT2D eigenvalue weighted by molar-refractivity contribution is 5.97. The van der Waals surface area contributed by atoms with Crippen LogP contribution in [0.25, 0.3) is 16.5 Å². The Morgan fingerprint density at radius 3 is 2.83 bits per heavy atom. The van der Waals surface area contributed by atoms with E-state index in [0.717, 1.165) is 42.3 Å². The normalized spacial score (nSPS) is 16.7. The third kappa shape index (κ3) is 3.41. The molecule has 0 unspecified atom stereocenters. The summed E-state index contributed by atoms with van der Waals surface area (Å²) in [6.45, 7) is 0. The minimum atomic E-state index is -0.946. The number of pyridine rings is 1. The summed E-state index contributed by atoms with van der Waals surface area (Å²) < 4.78 is 2.16. The van der Waals surface area contributed by atoms with Crippen LogP contribution in [0, 0.1) is 0 Å². The van der Waals surface area contributed by atoms with Gasteiger partial charge < -0.3 is 15.0 Å². The molecular weight excluding hydrogens is 362 g/mol. The zero-order valence-corrected chi connectivity index (χ0v) is 16.6. The minimum absolute atomic E-state index is 0.237. The number of nitrogens with zero attached hydrogens (tertiary/aromatic N) is 2. The van der Waals surface area contributed by atoms with E-state index in [4.69, 9.17) is 0 Å². The van der Waals surface area contributed by atoms with Crippen LogP contribution in [0.2, 0.25) is 0 Å². The van der Waals surface area contributed by atoms with Gasteiger partial charge in [0.05, 0.1) is 5.52 Å². The van der Waals surface area contributed by atoms with Crippen molar-refractivity contribution in [1.29, 1.82) is 0 Å². The van der Waals surface area contributed by atoms with Crippen LogP contribution >= 0.6 is 0 Å². The van der Waals surface area contributed by atoms with Gasteiger partial charge in [0.25, 0.3) is 0 Å². The number of carboxylic acid groups (broad SMARTS) is 1. The molecule has 1 aromatic carbocycles. The van der Waals surface area contributed by atoms with Crippen molar-refractivity contribution < 1.29 is 9.90 Å². The molecule has 5 nitrogen and oxygen atoms in total. The molecule has 5 heteroatoms. The predicted octanol–water partition coefficient (Wildman–Crippen LogP) is 5.85. The van der Waals surface area contributed by atoms with Crippen LogP contribution in [0.15, 0.2) is 42.7 Å². The van der Waals surface area contributed by atoms with E-state index < -0.39 is 5.97 Å². The number of aromatic nitrogens is 2. The lowest BCUT2D eigenvalue weighted by molar-refractivity contribution is 0.0697. The molecule has 2 aliphatic rings. The van der Waals surface area contributed by atoms with Gasteiger partial charge in [-0.2, -0.15) is 0 Å². The van der Waals surface area contributed by atoms with Crippen molar-refractivity contribution in [2.75, 3.05) is 5.32 Å². The largest absolute Gasteiger partial charge is 0.478 e. The second kappa shape index (κ2) is 7.07. The van der Waals surface area contributed by atoms with Gasteiger partial charge in [-0.25, -0.2) is 9.78 Å². The van der Waals surface area contributed by atoms with Crippen LogP contribution in [0.1, 0.15) is 65.9 Å². The van der Waals surface area contributed by atoms with Crippen molar-refractivity contribution in [1.82, 2.24) is 9.55 Å². The first-order valence-electron chi connectivity index (χ1n) is 10.4. The molecule has 0 radical (unpaired) electrons. The first kappa shape index (κ1) is 18.0. The Morgan fingerprint density at radius 2 is 2.10 bits per heavy atom. The maximum absolute atomic E-state index is 11.8. The molecule has 0 atom stereocenters. The third-order valence-corrected chi connectivity index (χ3v) is 6.06. The van der Waals surface area contributed by atoms with E-state index in [1.807, 2.05) is 6.20 Å². The number of hydrogen-bond acceptors (Lipinski definition) is 3. The van der Waals surface area contributed by atoms with E-state index in [-0.39, 0.29) is 5.56 Å². The van der Waals surface area contributed by atoms with Gasteiger partial charge in [-0.05, 0) is 79.8 Å². The number of fused-ring (bicyclic) bond motifs is 1. The molecule has 148 valence electrons. The third-order valence-electron chi connectivity index (χ3n) is 6.06. The first-order chi connectivity index (χ1) is 14.1. The summed E-state index contributed by atoms with van der Waals surface area (Å²) in [6.07, 6.45) is 13.1. The molecule has 3 aromatic rings. The summed E-state index contributed by atoms with van der Waals surface area (Å²) >= 11 is 0. The van der Waals surface area contributed by atoms with Crippen LogP contribution in [0.3, 0.4) is 0 Å². The molecule has 0 aliphatic heterocycles. The van der Waals surface area contributed by atoms with E-state index in [9.17, 15) is 9.90 Å². The predicted molar refractivity (Wildman–Crippen MR) is 116 cm³/mol. The van der Waals surface area contributed by atoms with Crippen LogP contribution in [0.5, 0.6) is 0 Å². The van der Waals surface area contributed by atoms with E-state index in [0.29, 0.717) is 11.7 Å². The smallest absolute Gasteiger partial charge is 0.339 e. The highest BCUT2D eigenvalue weighted by atomic mass is 16.4. The van der Waals surface area contributed by atoms with Gasteiger partial charge in [0, 0.05) is 36.1 Å². The second-order valence-corrected chi connectivity index (χ2v) is 8.23. The topological polar surface area (TPSA) is 67.2 Å². The highest BCUT2D eigenvalue weighted by Gasteiger charge is 2.26. The van der Waals surface area contributed by atoms with Crippen molar-refractivity contribution in [3.05, 3.63) is 59.4 Å². The Kier molecular flexibility index (Phi) is 4.38. The molecule has 0 bridgehead atoms. The summed E-state index contributed by atoms with van der Waals surface area (Å²) in [5.74, 6) is -0.0700. The average Bonchev–Trinajstić information content (AvgIpc) is 3.52. The molecular formula is C24H25N3O2. The summed E-state index contributed by atoms with van der Waals surface area (Å²) in [5.41, 5.74) is 5.96. The Hall–Kier alpha value is -3.08. The van der Waals surface area contributed by atoms with Crippen molar-refractivity contribution >= 4 is 34.0 Å². The lowest BCUT2D eigenvalue weighted by Gasteiger charge is -2.17. The Labute approximate surface area is 170 Å². The maximum atomic E-state index is 11.8. The standard InChI is InChI=1S/C24H25N3O2/c1-27-10-9-17-11-19(13-20(22(17)27)16-5-3-2-4-6-16)26-23-21(24(28)29)12-18(14-25-23)15-7-8-15/h5,9-15H,2-4,6-8H2,1H3,(H,25,26)(H,28,29). The van der Waals surface area contributed by atoms with E-state index in [2.05, 4.69) is 52.4 Å². The molecule has 1 saturated carbocycles. The van der Waals surface area contributed by atoms with E-state index in [1.54, 1.807) is 6.07 Å².